The molecule has 104 valence electrons. The second-order valence-electron chi connectivity index (χ2n) is 5.48. The number of nitrogens with one attached hydrogen (secondary N) is 1. The third-order valence-corrected chi connectivity index (χ3v) is 4.24. The highest BCUT2D eigenvalue weighted by molar-refractivity contribution is 7.71. The molecule has 0 bridgehead atoms. The fourth-order valence-electron chi connectivity index (χ4n) is 2.62. The number of nitrogens with zero attached hydrogens (tertiary/aromatic N) is 1. The molecule has 1 heterocycles. The number of hydrogen-bond acceptors (Lipinski definition) is 1. The molecule has 0 aliphatic rings. The number of aryl methyl sites for hydroxylation is 1. The number of hydrogen-bond donors (Lipinski definition) is 1. The number of unbranched alkanes of at least 4 members (excludes halogenated alkanes) is 1. The maximum absolute atomic E-state index is 5.48. The second kappa shape index (κ2) is 6.38. The third kappa shape index (κ3) is 3.27. The van der Waals surface area contributed by atoms with Gasteiger partial charge in [0.2, 0.25) is 0 Å². The zero-order valence-electron chi connectivity index (χ0n) is 12.2. The summed E-state index contributed by atoms with van der Waals surface area (Å²) in [5.41, 5.74) is 3.69. The number of rotatable bonds is 6. The molecular formula is C16H24N2S. The van der Waals surface area contributed by atoms with Crippen LogP contribution in [-0.2, 0) is 6.54 Å². The van der Waals surface area contributed by atoms with E-state index in [2.05, 4.69) is 48.5 Å². The Morgan fingerprint density at radius 3 is 2.79 bits per heavy atom. The number of fused-ring (bicyclic) bond motifs is 1. The van der Waals surface area contributed by atoms with Gasteiger partial charge in [-0.05, 0) is 49.2 Å². The van der Waals surface area contributed by atoms with Gasteiger partial charge in [-0.1, -0.05) is 39.2 Å². The summed E-state index contributed by atoms with van der Waals surface area (Å²) in [6, 6.07) is 6.49. The average Bonchev–Trinajstić information content (AvgIpc) is 2.70. The first-order valence-corrected chi connectivity index (χ1v) is 7.75. The molecular weight excluding hydrogens is 252 g/mol. The van der Waals surface area contributed by atoms with Crippen molar-refractivity contribution in [1.82, 2.24) is 9.55 Å². The highest BCUT2D eigenvalue weighted by Crippen LogP contribution is 2.21. The van der Waals surface area contributed by atoms with Crippen LogP contribution in [0, 0.1) is 17.6 Å². The summed E-state index contributed by atoms with van der Waals surface area (Å²) in [6.07, 6.45) is 5.11. The zero-order valence-corrected chi connectivity index (χ0v) is 13.0. The predicted octanol–water partition coefficient (Wildman–Crippen LogP) is 5.22. The Morgan fingerprint density at radius 2 is 2.11 bits per heavy atom. The van der Waals surface area contributed by atoms with Crippen molar-refractivity contribution in [2.24, 2.45) is 5.92 Å². The van der Waals surface area contributed by atoms with Crippen LogP contribution in [0.1, 0.15) is 45.1 Å². The van der Waals surface area contributed by atoms with E-state index < -0.39 is 0 Å². The number of aromatic amines is 1. The Bertz CT molecular complexity index is 594. The van der Waals surface area contributed by atoms with Gasteiger partial charge >= 0.3 is 0 Å². The van der Waals surface area contributed by atoms with Gasteiger partial charge in [0.05, 0.1) is 11.0 Å². The molecule has 0 amide bonds. The van der Waals surface area contributed by atoms with Crippen LogP contribution in [0.25, 0.3) is 11.0 Å². The van der Waals surface area contributed by atoms with Crippen LogP contribution in [0.4, 0.5) is 0 Å². The van der Waals surface area contributed by atoms with E-state index in [4.69, 9.17) is 12.2 Å². The van der Waals surface area contributed by atoms with E-state index in [1.807, 2.05) is 0 Å². The summed E-state index contributed by atoms with van der Waals surface area (Å²) in [4.78, 5) is 3.32. The minimum atomic E-state index is 0.728. The first-order chi connectivity index (χ1) is 9.15. The van der Waals surface area contributed by atoms with Gasteiger partial charge in [0.15, 0.2) is 4.77 Å². The standard InChI is InChI=1S/C16H24N2S/c1-4-6-7-13(5-2)11-18-15-10-12(3)8-9-14(15)17-16(18)19/h8-10,13H,4-7,11H2,1-3H3,(H,17,19). The zero-order chi connectivity index (χ0) is 13.8. The molecule has 0 fully saturated rings. The van der Waals surface area contributed by atoms with Gasteiger partial charge in [0, 0.05) is 6.54 Å². The lowest BCUT2D eigenvalue weighted by Gasteiger charge is -2.15. The van der Waals surface area contributed by atoms with Crippen LogP contribution >= 0.6 is 12.2 Å². The fraction of sp³-hybridized carbons (Fsp3) is 0.562. The number of H-pyrrole nitrogens is 1. The minimum absolute atomic E-state index is 0.728. The lowest BCUT2D eigenvalue weighted by molar-refractivity contribution is 0.393. The van der Waals surface area contributed by atoms with Crippen LogP contribution in [0.3, 0.4) is 0 Å². The quantitative estimate of drug-likeness (QED) is 0.717. The Labute approximate surface area is 120 Å². The molecule has 0 spiro atoms. The van der Waals surface area contributed by atoms with Crippen LogP contribution in [0.15, 0.2) is 18.2 Å². The minimum Gasteiger partial charge on any atom is -0.331 e. The lowest BCUT2D eigenvalue weighted by atomic mass is 9.99. The molecule has 1 aromatic heterocycles. The molecule has 1 aromatic carbocycles. The van der Waals surface area contributed by atoms with E-state index in [0.29, 0.717) is 0 Å². The smallest absolute Gasteiger partial charge is 0.178 e. The molecule has 0 radical (unpaired) electrons. The number of imidazole rings is 1. The van der Waals surface area contributed by atoms with Crippen molar-refractivity contribution in [2.75, 3.05) is 0 Å². The normalized spacial score (nSPS) is 13.0. The predicted molar refractivity (Wildman–Crippen MR) is 85.2 cm³/mol. The van der Waals surface area contributed by atoms with Gasteiger partial charge in [-0.3, -0.25) is 0 Å². The molecule has 0 aliphatic carbocycles. The maximum atomic E-state index is 5.48. The van der Waals surface area contributed by atoms with E-state index in [-0.39, 0.29) is 0 Å². The summed E-state index contributed by atoms with van der Waals surface area (Å²) >= 11 is 5.48. The summed E-state index contributed by atoms with van der Waals surface area (Å²) in [5, 5.41) is 0. The lowest BCUT2D eigenvalue weighted by Crippen LogP contribution is -2.10. The Kier molecular flexibility index (Phi) is 4.81. The molecule has 0 aliphatic heterocycles. The van der Waals surface area contributed by atoms with Crippen molar-refractivity contribution in [2.45, 2.75) is 53.0 Å². The van der Waals surface area contributed by atoms with Crippen molar-refractivity contribution in [3.8, 4) is 0 Å². The van der Waals surface area contributed by atoms with Crippen LogP contribution in [0.2, 0.25) is 0 Å². The van der Waals surface area contributed by atoms with Gasteiger partial charge in [0.25, 0.3) is 0 Å². The van der Waals surface area contributed by atoms with E-state index in [0.717, 1.165) is 22.8 Å². The number of benzene rings is 1. The van der Waals surface area contributed by atoms with Crippen LogP contribution < -0.4 is 0 Å². The summed E-state index contributed by atoms with van der Waals surface area (Å²) in [5.74, 6) is 0.728. The molecule has 2 aromatic rings. The summed E-state index contributed by atoms with van der Waals surface area (Å²) in [6.45, 7) is 7.71. The van der Waals surface area contributed by atoms with Crippen molar-refractivity contribution in [3.05, 3.63) is 28.5 Å². The fourth-order valence-corrected chi connectivity index (χ4v) is 2.90. The van der Waals surface area contributed by atoms with Crippen molar-refractivity contribution in [1.29, 1.82) is 0 Å². The van der Waals surface area contributed by atoms with Gasteiger partial charge in [-0.25, -0.2) is 0 Å². The van der Waals surface area contributed by atoms with Gasteiger partial charge < -0.3 is 9.55 Å². The first-order valence-electron chi connectivity index (χ1n) is 7.34. The first kappa shape index (κ1) is 14.3. The van der Waals surface area contributed by atoms with Crippen LogP contribution in [-0.4, -0.2) is 9.55 Å². The van der Waals surface area contributed by atoms with Gasteiger partial charge in [-0.15, -0.1) is 0 Å². The van der Waals surface area contributed by atoms with E-state index in [1.54, 1.807) is 0 Å². The van der Waals surface area contributed by atoms with Crippen molar-refractivity contribution < 1.29 is 0 Å². The van der Waals surface area contributed by atoms with Crippen molar-refractivity contribution in [3.63, 3.8) is 0 Å². The summed E-state index contributed by atoms with van der Waals surface area (Å²) in [7, 11) is 0. The Hall–Kier alpha value is -1.09. The monoisotopic (exact) mass is 276 g/mol. The second-order valence-corrected chi connectivity index (χ2v) is 5.86. The Morgan fingerprint density at radius 1 is 1.32 bits per heavy atom. The molecule has 2 nitrogen and oxygen atoms in total. The summed E-state index contributed by atoms with van der Waals surface area (Å²) < 4.78 is 3.14. The third-order valence-electron chi connectivity index (χ3n) is 3.91. The highest BCUT2D eigenvalue weighted by Gasteiger charge is 2.11. The molecule has 0 saturated heterocycles. The maximum Gasteiger partial charge on any atom is 0.178 e. The topological polar surface area (TPSA) is 20.7 Å². The molecule has 1 unspecified atom stereocenters. The largest absolute Gasteiger partial charge is 0.331 e. The van der Waals surface area contributed by atoms with Crippen LogP contribution in [0.5, 0.6) is 0 Å². The number of aromatic nitrogens is 2. The van der Waals surface area contributed by atoms with E-state index in [9.17, 15) is 0 Å². The molecule has 1 atom stereocenters. The Balaban J connectivity index is 2.30. The van der Waals surface area contributed by atoms with Crippen molar-refractivity contribution >= 4 is 23.3 Å². The molecule has 3 heteroatoms. The van der Waals surface area contributed by atoms with E-state index in [1.165, 1.54) is 36.8 Å². The highest BCUT2D eigenvalue weighted by atomic mass is 32.1. The van der Waals surface area contributed by atoms with Gasteiger partial charge in [-0.2, -0.15) is 0 Å². The van der Waals surface area contributed by atoms with Gasteiger partial charge in [0.1, 0.15) is 0 Å². The average molecular weight is 276 g/mol. The molecule has 19 heavy (non-hydrogen) atoms. The SMILES string of the molecule is CCCCC(CC)Cn1c(=S)[nH]c2ccc(C)cc21. The molecule has 1 N–H and O–H groups in total. The molecule has 2 rings (SSSR count). The molecule has 0 saturated carbocycles. The van der Waals surface area contributed by atoms with E-state index >= 15 is 0 Å².